The number of likely N-dealkylation sites (tertiary alicyclic amines) is 1. The Morgan fingerprint density at radius 3 is 2.24 bits per heavy atom. The largest absolute Gasteiger partial charge is 0.494 e. The van der Waals surface area contributed by atoms with Crippen LogP contribution >= 0.6 is 11.6 Å². The molecule has 0 aliphatic carbocycles. The third-order valence-electron chi connectivity index (χ3n) is 9.13. The summed E-state index contributed by atoms with van der Waals surface area (Å²) in [7, 11) is 0. The van der Waals surface area contributed by atoms with Gasteiger partial charge in [-0.15, -0.1) is 13.2 Å². The van der Waals surface area contributed by atoms with Crippen molar-refractivity contribution in [3.8, 4) is 5.75 Å². The first-order chi connectivity index (χ1) is 21.8. The lowest BCUT2D eigenvalue weighted by atomic mass is 9.70. The molecule has 240 valence electrons. The number of amides is 3. The molecule has 5 atom stereocenters. The van der Waals surface area contributed by atoms with Gasteiger partial charge in [-0.3, -0.25) is 14.4 Å². The Labute approximate surface area is 270 Å². The van der Waals surface area contributed by atoms with Gasteiger partial charge in [0.25, 0.3) is 5.91 Å². The Morgan fingerprint density at radius 2 is 1.64 bits per heavy atom. The molecule has 3 saturated heterocycles. The van der Waals surface area contributed by atoms with Gasteiger partial charge >= 0.3 is 0 Å². The smallest absolute Gasteiger partial charge is 0.253 e. The zero-order valence-corrected chi connectivity index (χ0v) is 26.5. The van der Waals surface area contributed by atoms with Gasteiger partial charge in [-0.25, -0.2) is 0 Å². The minimum Gasteiger partial charge on any atom is -0.494 e. The van der Waals surface area contributed by atoms with E-state index in [4.69, 9.17) is 21.1 Å². The first-order valence-electron chi connectivity index (χ1n) is 15.7. The molecule has 1 spiro atoms. The van der Waals surface area contributed by atoms with Gasteiger partial charge in [-0.2, -0.15) is 0 Å². The minimum atomic E-state index is -1.14. The second-order valence-corrected chi connectivity index (χ2v) is 12.2. The van der Waals surface area contributed by atoms with E-state index in [2.05, 4.69) is 13.2 Å². The summed E-state index contributed by atoms with van der Waals surface area (Å²) in [6.45, 7) is 11.0. The van der Waals surface area contributed by atoms with Crippen molar-refractivity contribution in [2.24, 2.45) is 11.8 Å². The van der Waals surface area contributed by atoms with Crippen molar-refractivity contribution in [3.05, 3.63) is 78.9 Å². The number of hydrogen-bond acceptors (Lipinski definition) is 6. The Hall–Kier alpha value is -3.66. The summed E-state index contributed by atoms with van der Waals surface area (Å²) in [5.41, 5.74) is 0.157. The fourth-order valence-electron chi connectivity index (χ4n) is 7.27. The minimum absolute atomic E-state index is 0.0542. The number of ether oxygens (including phenoxy) is 2. The van der Waals surface area contributed by atoms with Crippen LogP contribution in [0.25, 0.3) is 0 Å². The van der Waals surface area contributed by atoms with Crippen molar-refractivity contribution in [3.63, 3.8) is 0 Å². The van der Waals surface area contributed by atoms with E-state index in [9.17, 15) is 19.5 Å². The molecule has 2 unspecified atom stereocenters. The molecule has 5 rings (SSSR count). The predicted molar refractivity (Wildman–Crippen MR) is 174 cm³/mol. The van der Waals surface area contributed by atoms with Crippen molar-refractivity contribution in [1.82, 2.24) is 4.90 Å². The van der Waals surface area contributed by atoms with Crippen molar-refractivity contribution < 1.29 is 29.0 Å². The van der Waals surface area contributed by atoms with Crippen molar-refractivity contribution >= 4 is 40.7 Å². The van der Waals surface area contributed by atoms with Crippen molar-refractivity contribution in [2.45, 2.75) is 56.8 Å². The van der Waals surface area contributed by atoms with Crippen LogP contribution in [0.3, 0.4) is 0 Å². The summed E-state index contributed by atoms with van der Waals surface area (Å²) in [5.74, 6) is -1.60. The molecule has 3 aliphatic rings. The SMILES string of the molecule is C=CCN(C(=O)C1N(CCCCCO)C(=O)[C@@H]2[C@H](C(=O)N(CC=C)c3ccc(OCC)cc3)[C@@H]3CCC12O3)c1ccc(Cl)cc1. The average molecular weight is 636 g/mol. The second kappa shape index (κ2) is 14.2. The van der Waals surface area contributed by atoms with E-state index in [0.29, 0.717) is 67.4 Å². The number of aliphatic hydroxyl groups is 1. The number of unbranched alkanes of at least 4 members (excludes halogenated alkanes) is 2. The number of benzene rings is 2. The lowest BCUT2D eigenvalue weighted by Crippen LogP contribution is -2.56. The number of anilines is 2. The fourth-order valence-corrected chi connectivity index (χ4v) is 7.39. The highest BCUT2D eigenvalue weighted by Crippen LogP contribution is 2.59. The summed E-state index contributed by atoms with van der Waals surface area (Å²) < 4.78 is 12.3. The van der Waals surface area contributed by atoms with E-state index in [1.54, 1.807) is 51.1 Å². The Morgan fingerprint density at radius 1 is 1.02 bits per heavy atom. The predicted octanol–water partition coefficient (Wildman–Crippen LogP) is 5.01. The number of rotatable bonds is 15. The van der Waals surface area contributed by atoms with Crippen LogP contribution in [0, 0.1) is 11.8 Å². The van der Waals surface area contributed by atoms with Gasteiger partial charge in [0.15, 0.2) is 0 Å². The highest BCUT2D eigenvalue weighted by Gasteiger charge is 2.74. The number of carbonyl (C=O) groups is 3. The molecule has 2 aromatic rings. The molecule has 0 saturated carbocycles. The van der Waals surface area contributed by atoms with Crippen LogP contribution in [0.1, 0.15) is 39.0 Å². The maximum absolute atomic E-state index is 14.6. The van der Waals surface area contributed by atoms with E-state index >= 15 is 0 Å². The van der Waals surface area contributed by atoms with Crippen molar-refractivity contribution in [1.29, 1.82) is 0 Å². The van der Waals surface area contributed by atoms with Crippen molar-refractivity contribution in [2.75, 3.05) is 42.6 Å². The van der Waals surface area contributed by atoms with Crippen LogP contribution in [-0.4, -0.2) is 78.3 Å². The molecule has 45 heavy (non-hydrogen) atoms. The number of carbonyl (C=O) groups excluding carboxylic acids is 3. The maximum Gasteiger partial charge on any atom is 0.253 e. The fraction of sp³-hybridized carbons (Fsp3) is 0.457. The monoisotopic (exact) mass is 635 g/mol. The summed E-state index contributed by atoms with van der Waals surface area (Å²) in [4.78, 5) is 48.4. The normalized spacial score (nSPS) is 24.8. The van der Waals surface area contributed by atoms with E-state index in [1.165, 1.54) is 0 Å². The molecular weight excluding hydrogens is 594 g/mol. The molecule has 2 bridgehead atoms. The van der Waals surface area contributed by atoms with Crippen LogP contribution in [0.4, 0.5) is 11.4 Å². The number of hydrogen-bond donors (Lipinski definition) is 1. The molecule has 3 heterocycles. The van der Waals surface area contributed by atoms with Crippen LogP contribution in [0.15, 0.2) is 73.8 Å². The lowest BCUT2D eigenvalue weighted by molar-refractivity contribution is -0.140. The molecule has 0 radical (unpaired) electrons. The standard InChI is InChI=1S/C35H42ClN3O6/c1-4-20-37(26-14-16-27(17-15-26)44-6-3)32(41)29-28-18-19-35(45-28)30(29)33(42)39(22-8-7-9-23-40)31(35)34(43)38(21-5-2)25-12-10-24(36)11-13-25/h4-5,10-17,28-31,40H,1-2,6-9,18-23H2,3H3/t28-,29+,30-,31?,35?/m0/s1. The number of fused-ring (bicyclic) bond motifs is 1. The molecular formula is C35H42ClN3O6. The average Bonchev–Trinajstić information content (AvgIpc) is 3.69. The van der Waals surface area contributed by atoms with Gasteiger partial charge in [-0.05, 0) is 87.6 Å². The van der Waals surface area contributed by atoms with Crippen LogP contribution in [0.2, 0.25) is 5.02 Å². The molecule has 3 aliphatic heterocycles. The Kier molecular flexibility index (Phi) is 10.3. The quantitative estimate of drug-likeness (QED) is 0.218. The van der Waals surface area contributed by atoms with E-state index < -0.39 is 29.6 Å². The molecule has 0 aromatic heterocycles. The first-order valence-corrected chi connectivity index (χ1v) is 16.1. The number of halogens is 1. The third kappa shape index (κ3) is 6.13. The van der Waals surface area contributed by atoms with E-state index in [-0.39, 0.29) is 37.4 Å². The van der Waals surface area contributed by atoms with Crippen LogP contribution in [0.5, 0.6) is 5.75 Å². The summed E-state index contributed by atoms with van der Waals surface area (Å²) >= 11 is 6.15. The van der Waals surface area contributed by atoms with Gasteiger partial charge in [0.2, 0.25) is 11.8 Å². The molecule has 3 amide bonds. The van der Waals surface area contributed by atoms with E-state index in [1.807, 2.05) is 31.2 Å². The maximum atomic E-state index is 14.6. The van der Waals surface area contributed by atoms with Gasteiger partial charge < -0.3 is 29.3 Å². The zero-order chi connectivity index (χ0) is 32.1. The van der Waals surface area contributed by atoms with Gasteiger partial charge in [0.05, 0.1) is 24.5 Å². The van der Waals surface area contributed by atoms with E-state index in [0.717, 1.165) is 0 Å². The number of aliphatic hydroxyl groups excluding tert-OH is 1. The summed E-state index contributed by atoms with van der Waals surface area (Å²) in [5, 5.41) is 9.88. The molecule has 10 heteroatoms. The van der Waals surface area contributed by atoms with Crippen LogP contribution < -0.4 is 14.5 Å². The molecule has 9 nitrogen and oxygen atoms in total. The lowest BCUT2D eigenvalue weighted by Gasteiger charge is -2.37. The molecule has 1 N–H and O–H groups in total. The molecule has 3 fully saturated rings. The third-order valence-corrected chi connectivity index (χ3v) is 9.38. The van der Waals surface area contributed by atoms with Gasteiger partial charge in [0, 0.05) is 42.6 Å². The van der Waals surface area contributed by atoms with Gasteiger partial charge in [-0.1, -0.05) is 23.8 Å². The topological polar surface area (TPSA) is 99.6 Å². The Bertz CT molecular complexity index is 1400. The summed E-state index contributed by atoms with van der Waals surface area (Å²) in [6.07, 6.45) is 5.78. The van der Waals surface area contributed by atoms with Gasteiger partial charge in [0.1, 0.15) is 17.4 Å². The molecule has 2 aromatic carbocycles. The highest BCUT2D eigenvalue weighted by molar-refractivity contribution is 6.30. The Balaban J connectivity index is 1.51. The highest BCUT2D eigenvalue weighted by atomic mass is 35.5. The van der Waals surface area contributed by atoms with Crippen LogP contribution in [-0.2, 0) is 19.1 Å². The summed E-state index contributed by atoms with van der Waals surface area (Å²) in [6, 6.07) is 13.3. The zero-order valence-electron chi connectivity index (χ0n) is 25.8. The number of nitrogens with zero attached hydrogens (tertiary/aromatic N) is 3. The first kappa shape index (κ1) is 32.7. The second-order valence-electron chi connectivity index (χ2n) is 11.8.